The van der Waals surface area contributed by atoms with Gasteiger partial charge in [0, 0.05) is 37.4 Å². The van der Waals surface area contributed by atoms with Gasteiger partial charge in [0.05, 0.1) is 0 Å². The summed E-state index contributed by atoms with van der Waals surface area (Å²) >= 11 is 0. The fraction of sp³-hybridized carbons (Fsp3) is 0.656. The van der Waals surface area contributed by atoms with E-state index in [9.17, 15) is 23.1 Å². The second-order valence-corrected chi connectivity index (χ2v) is 13.2. The van der Waals surface area contributed by atoms with Crippen molar-refractivity contribution in [1.82, 2.24) is 9.80 Å². The van der Waals surface area contributed by atoms with Crippen LogP contribution in [0.2, 0.25) is 0 Å². The highest BCUT2D eigenvalue weighted by atomic mass is 19.4. The molecule has 2 saturated carbocycles. The summed E-state index contributed by atoms with van der Waals surface area (Å²) in [6.45, 7) is 3.98. The number of likely N-dealkylation sites (N-methyl/N-ethyl adjacent to an activating group) is 2. The van der Waals surface area contributed by atoms with Gasteiger partial charge in [-0.3, -0.25) is 4.79 Å². The topological polar surface area (TPSA) is 43.8 Å². The average molecular weight is 581 g/mol. The van der Waals surface area contributed by atoms with Crippen LogP contribution in [0.1, 0.15) is 68.9 Å². The van der Waals surface area contributed by atoms with Crippen LogP contribution in [-0.4, -0.2) is 72.6 Å². The van der Waals surface area contributed by atoms with Gasteiger partial charge in [-0.1, -0.05) is 36.8 Å². The van der Waals surface area contributed by atoms with Crippen LogP contribution in [0.25, 0.3) is 0 Å². The second-order valence-electron chi connectivity index (χ2n) is 13.2. The maximum absolute atomic E-state index is 15.1. The Kier molecular flexibility index (Phi) is 7.82. The van der Waals surface area contributed by atoms with E-state index in [-0.39, 0.29) is 24.5 Å². The number of carbonyl (C=O) groups is 1. The Labute approximate surface area is 239 Å². The van der Waals surface area contributed by atoms with Crippen LogP contribution in [0.15, 0.2) is 47.1 Å². The zero-order valence-corrected chi connectivity index (χ0v) is 24.3. The highest BCUT2D eigenvalue weighted by Crippen LogP contribution is 2.70. The van der Waals surface area contributed by atoms with E-state index in [0.29, 0.717) is 25.7 Å². The largest absolute Gasteiger partial charge is 0.456 e. The summed E-state index contributed by atoms with van der Waals surface area (Å²) in [5.41, 5.74) is 0.269. The number of fused-ring (bicyclic) bond motifs is 4. The summed E-state index contributed by atoms with van der Waals surface area (Å²) in [6.07, 6.45) is -2.51. The molecule has 0 bridgehead atoms. The molecule has 4 aliphatic carbocycles. The molecule has 4 aliphatic rings. The van der Waals surface area contributed by atoms with Crippen molar-refractivity contribution in [2.24, 2.45) is 17.3 Å². The van der Waals surface area contributed by atoms with Crippen LogP contribution >= 0.6 is 0 Å². The van der Waals surface area contributed by atoms with E-state index in [0.717, 1.165) is 47.5 Å². The molecule has 0 unspecified atom stereocenters. The molecule has 1 aromatic rings. The monoisotopic (exact) mass is 580 g/mol. The van der Waals surface area contributed by atoms with Crippen LogP contribution in [0.3, 0.4) is 0 Å². The highest BCUT2D eigenvalue weighted by molar-refractivity contribution is 5.93. The first-order valence-electron chi connectivity index (χ1n) is 14.6. The number of aliphatic hydroxyl groups is 1. The number of allylic oxidation sites excluding steroid dienone is 4. The smallest absolute Gasteiger partial charge is 0.383 e. The Balaban J connectivity index is 1.55. The molecule has 0 heterocycles. The lowest BCUT2D eigenvalue weighted by Crippen LogP contribution is -2.65. The first kappa shape index (κ1) is 30.4. The highest BCUT2D eigenvalue weighted by Gasteiger charge is 2.79. The van der Waals surface area contributed by atoms with E-state index in [1.54, 1.807) is 6.08 Å². The molecule has 226 valence electrons. The van der Waals surface area contributed by atoms with Gasteiger partial charge in [0.2, 0.25) is 0 Å². The first-order chi connectivity index (χ1) is 19.1. The lowest BCUT2D eigenvalue weighted by molar-refractivity contribution is -0.362. The number of rotatable bonds is 7. The Morgan fingerprint density at radius 3 is 2.29 bits per heavy atom. The fourth-order valence-electron chi connectivity index (χ4n) is 8.33. The normalized spacial score (nSPS) is 32.2. The maximum atomic E-state index is 15.1. The van der Waals surface area contributed by atoms with Crippen molar-refractivity contribution >= 4 is 5.78 Å². The van der Waals surface area contributed by atoms with E-state index in [2.05, 4.69) is 9.80 Å². The molecule has 5 rings (SSSR count). The van der Waals surface area contributed by atoms with Crippen LogP contribution in [0.4, 0.5) is 22.0 Å². The second kappa shape index (κ2) is 10.6. The van der Waals surface area contributed by atoms with Gasteiger partial charge in [-0.05, 0) is 99.9 Å². The summed E-state index contributed by atoms with van der Waals surface area (Å²) in [4.78, 5) is 16.5. The quantitative estimate of drug-likeness (QED) is 0.374. The van der Waals surface area contributed by atoms with Gasteiger partial charge < -0.3 is 14.9 Å². The molecule has 0 aliphatic heterocycles. The van der Waals surface area contributed by atoms with E-state index < -0.39 is 41.4 Å². The predicted molar refractivity (Wildman–Crippen MR) is 148 cm³/mol. The van der Waals surface area contributed by atoms with Gasteiger partial charge >= 0.3 is 12.1 Å². The fourth-order valence-corrected chi connectivity index (χ4v) is 8.33. The zero-order chi connectivity index (χ0) is 30.0. The molecule has 0 amide bonds. The molecule has 1 aromatic carbocycles. The number of halogens is 5. The molecule has 0 spiro atoms. The number of carbonyl (C=O) groups excluding carboxylic acids is 1. The lowest BCUT2D eigenvalue weighted by Gasteiger charge is -2.56. The third-order valence-corrected chi connectivity index (χ3v) is 10.5. The lowest BCUT2D eigenvalue weighted by atomic mass is 9.50. The standard InChI is InChI=1S/C32H41F5N2O2/c1-29-18-26(21-7-5-20(6-8-21)19-39(4)16-15-38(2)3)28-24-12-10-23(40)17-22(24)9-11-25(28)27(29)13-14-30(29,41)31(33,34)32(35,36)37/h5-8,17,25-27,41H,9-16,18-19H2,1-4H3/t25-,26+,27-,29-,30-/m0/s1. The number of hydrogen-bond acceptors (Lipinski definition) is 4. The minimum Gasteiger partial charge on any atom is -0.383 e. The molecule has 41 heavy (non-hydrogen) atoms. The third kappa shape index (κ3) is 4.99. The maximum Gasteiger partial charge on any atom is 0.456 e. The summed E-state index contributed by atoms with van der Waals surface area (Å²) < 4.78 is 71.6. The summed E-state index contributed by atoms with van der Waals surface area (Å²) in [6, 6.07) is 7.95. The van der Waals surface area contributed by atoms with Crippen molar-refractivity contribution in [2.45, 2.75) is 82.0 Å². The number of hydrogen-bond donors (Lipinski definition) is 1. The van der Waals surface area contributed by atoms with E-state index >= 15 is 8.78 Å². The molecule has 2 fully saturated rings. The SMILES string of the molecule is CN(C)CCN(C)Cc1ccc([C@H]2C[C@@]3(C)[C@@H](CC[C@@]3(O)C(F)(F)C(F)(F)F)[C@@H]3CCC4=CC(=O)CCC4=C32)cc1. The van der Waals surface area contributed by atoms with Gasteiger partial charge in [-0.2, -0.15) is 22.0 Å². The van der Waals surface area contributed by atoms with Crippen molar-refractivity contribution in [2.75, 3.05) is 34.2 Å². The number of nitrogens with zero attached hydrogens (tertiary/aromatic N) is 2. The molecule has 5 atom stereocenters. The average Bonchev–Trinajstić information content (AvgIpc) is 3.18. The first-order valence-corrected chi connectivity index (χ1v) is 14.6. The van der Waals surface area contributed by atoms with Gasteiger partial charge in [-0.15, -0.1) is 0 Å². The molecule has 0 aromatic heterocycles. The molecule has 9 heteroatoms. The molecule has 1 N–H and O–H groups in total. The number of alkyl halides is 5. The minimum atomic E-state index is -5.85. The van der Waals surface area contributed by atoms with Crippen molar-refractivity contribution in [1.29, 1.82) is 0 Å². The van der Waals surface area contributed by atoms with Crippen LogP contribution in [0, 0.1) is 17.3 Å². The third-order valence-electron chi connectivity index (χ3n) is 10.5. The molecular weight excluding hydrogens is 539 g/mol. The number of benzene rings is 1. The van der Waals surface area contributed by atoms with E-state index in [1.165, 1.54) is 6.92 Å². The van der Waals surface area contributed by atoms with Gasteiger partial charge in [-0.25, -0.2) is 0 Å². The summed E-state index contributed by atoms with van der Waals surface area (Å²) in [5, 5.41) is 11.4. The van der Waals surface area contributed by atoms with Crippen molar-refractivity contribution in [3.05, 3.63) is 58.2 Å². The minimum absolute atomic E-state index is 0.00151. The van der Waals surface area contributed by atoms with Crippen LogP contribution < -0.4 is 0 Å². The predicted octanol–water partition coefficient (Wildman–Crippen LogP) is 6.51. The van der Waals surface area contributed by atoms with Crippen molar-refractivity contribution in [3.63, 3.8) is 0 Å². The Hall–Kier alpha value is -2.10. The molecule has 0 radical (unpaired) electrons. The van der Waals surface area contributed by atoms with Crippen molar-refractivity contribution in [3.8, 4) is 0 Å². The summed E-state index contributed by atoms with van der Waals surface area (Å²) in [7, 11) is 6.08. The van der Waals surface area contributed by atoms with E-state index in [4.69, 9.17) is 0 Å². The number of ketones is 1. The van der Waals surface area contributed by atoms with Gasteiger partial charge in [0.1, 0.15) is 5.60 Å². The van der Waals surface area contributed by atoms with Crippen LogP contribution in [0.5, 0.6) is 0 Å². The molecule has 4 nitrogen and oxygen atoms in total. The van der Waals surface area contributed by atoms with E-state index in [1.807, 2.05) is 45.4 Å². The zero-order valence-electron chi connectivity index (χ0n) is 24.3. The summed E-state index contributed by atoms with van der Waals surface area (Å²) in [5.74, 6) is -6.28. The van der Waals surface area contributed by atoms with Crippen molar-refractivity contribution < 1.29 is 31.9 Å². The Bertz CT molecular complexity index is 1240. The molecular formula is C32H41F5N2O2. The molecule has 0 saturated heterocycles. The van der Waals surface area contributed by atoms with Crippen LogP contribution in [-0.2, 0) is 11.3 Å². The van der Waals surface area contributed by atoms with Gasteiger partial charge in [0.15, 0.2) is 5.78 Å². The van der Waals surface area contributed by atoms with Gasteiger partial charge in [0.25, 0.3) is 0 Å². The Morgan fingerprint density at radius 2 is 1.66 bits per heavy atom. The Morgan fingerprint density at radius 1 is 0.976 bits per heavy atom.